The maximum Gasteiger partial charge on any atom is 0.349 e. The van der Waals surface area contributed by atoms with Crippen LogP contribution in [0.15, 0.2) is 36.0 Å². The molecule has 0 radical (unpaired) electrons. The Balaban J connectivity index is 5.02. The third-order valence-electron chi connectivity index (χ3n) is 1.71. The van der Waals surface area contributed by atoms with Crippen LogP contribution in [0.4, 0.5) is 0 Å². The average Bonchev–Trinajstić information content (AvgIpc) is 2.41. The van der Waals surface area contributed by atoms with Gasteiger partial charge in [0.15, 0.2) is 0 Å². The summed E-state index contributed by atoms with van der Waals surface area (Å²) in [7, 11) is 0. The van der Waals surface area contributed by atoms with Crippen molar-refractivity contribution < 1.29 is 19.1 Å². The molecule has 0 bridgehead atoms. The molecule has 6 heteroatoms. The molecule has 19 heavy (non-hydrogen) atoms. The molecule has 0 saturated carbocycles. The molecule has 0 aromatic rings. The van der Waals surface area contributed by atoms with E-state index in [0.29, 0.717) is 0 Å². The largest absolute Gasteiger partial charge is 0.462 e. The highest BCUT2D eigenvalue weighted by Crippen LogP contribution is 2.02. The first-order valence-electron chi connectivity index (χ1n) is 5.28. The van der Waals surface area contributed by atoms with Crippen LogP contribution < -0.4 is 0 Å². The summed E-state index contributed by atoms with van der Waals surface area (Å²) in [6, 6.07) is 3.22. The van der Waals surface area contributed by atoms with Crippen molar-refractivity contribution in [3.63, 3.8) is 0 Å². The van der Waals surface area contributed by atoms with Gasteiger partial charge in [-0.15, -0.1) is 0 Å². The molecule has 6 nitrogen and oxygen atoms in total. The van der Waals surface area contributed by atoms with E-state index in [1.165, 1.54) is 6.08 Å². The molecular weight excluding hydrogens is 248 g/mol. The lowest BCUT2D eigenvalue weighted by molar-refractivity contribution is -0.138. The van der Waals surface area contributed by atoms with Gasteiger partial charge in [-0.3, -0.25) is 0 Å². The first kappa shape index (κ1) is 16.1. The molecule has 0 saturated heterocycles. The van der Waals surface area contributed by atoms with E-state index in [2.05, 4.69) is 16.1 Å². The van der Waals surface area contributed by atoms with Gasteiger partial charge in [-0.2, -0.15) is 10.5 Å². The Morgan fingerprint density at radius 2 is 1.58 bits per heavy atom. The Morgan fingerprint density at radius 1 is 1.11 bits per heavy atom. The molecule has 0 heterocycles. The molecule has 0 spiro atoms. The minimum absolute atomic E-state index is 0.0372. The lowest BCUT2D eigenvalue weighted by Crippen LogP contribution is -2.08. The Kier molecular flexibility index (Phi) is 7.81. The summed E-state index contributed by atoms with van der Waals surface area (Å²) in [6.45, 7) is 5.03. The van der Waals surface area contributed by atoms with Crippen molar-refractivity contribution in [3.05, 3.63) is 36.0 Å². The number of hydrogen-bond acceptors (Lipinski definition) is 6. The zero-order valence-electron chi connectivity index (χ0n) is 10.4. The standard InChI is InChI=1S/C13H12N2O4/c1-3-7-19-13(17)11(9-15)6-5-10(8-14)12(16)18-4-2/h3,5-6H,1,4,7H2,2H3/b10-5+,11-6+. The Morgan fingerprint density at radius 3 is 1.95 bits per heavy atom. The van der Waals surface area contributed by atoms with E-state index in [-0.39, 0.29) is 24.4 Å². The lowest BCUT2D eigenvalue weighted by atomic mass is 10.2. The highest BCUT2D eigenvalue weighted by molar-refractivity contribution is 5.95. The van der Waals surface area contributed by atoms with Crippen LogP contribution in [-0.2, 0) is 19.1 Å². The van der Waals surface area contributed by atoms with Crippen LogP contribution in [0.3, 0.4) is 0 Å². The Labute approximate surface area is 110 Å². The fourth-order valence-electron chi connectivity index (χ4n) is 0.890. The molecule has 0 aliphatic rings. The predicted molar refractivity (Wildman–Crippen MR) is 65.2 cm³/mol. The second kappa shape index (κ2) is 9.20. The number of nitrogens with zero attached hydrogens (tertiary/aromatic N) is 2. The molecule has 0 aliphatic carbocycles. The van der Waals surface area contributed by atoms with Crippen LogP contribution in [0.25, 0.3) is 0 Å². The van der Waals surface area contributed by atoms with Crippen molar-refractivity contribution in [3.8, 4) is 12.1 Å². The van der Waals surface area contributed by atoms with Gasteiger partial charge in [-0.25, -0.2) is 9.59 Å². The second-order valence-electron chi connectivity index (χ2n) is 2.99. The number of esters is 2. The van der Waals surface area contributed by atoms with Crippen molar-refractivity contribution in [1.82, 2.24) is 0 Å². The van der Waals surface area contributed by atoms with Crippen LogP contribution >= 0.6 is 0 Å². The third kappa shape index (κ3) is 5.85. The highest BCUT2D eigenvalue weighted by atomic mass is 16.5. The van der Waals surface area contributed by atoms with Gasteiger partial charge < -0.3 is 9.47 Å². The van der Waals surface area contributed by atoms with Crippen molar-refractivity contribution in [1.29, 1.82) is 10.5 Å². The van der Waals surface area contributed by atoms with E-state index < -0.39 is 11.9 Å². The molecule has 0 unspecified atom stereocenters. The number of nitriles is 2. The van der Waals surface area contributed by atoms with Crippen LogP contribution in [0.5, 0.6) is 0 Å². The van der Waals surface area contributed by atoms with Gasteiger partial charge in [-0.05, 0) is 19.1 Å². The number of allylic oxidation sites excluding steroid dienone is 2. The van der Waals surface area contributed by atoms with Gasteiger partial charge in [0.2, 0.25) is 0 Å². The molecule has 0 amide bonds. The van der Waals surface area contributed by atoms with E-state index in [9.17, 15) is 9.59 Å². The van der Waals surface area contributed by atoms with Gasteiger partial charge in [0.25, 0.3) is 0 Å². The maximum atomic E-state index is 11.3. The first-order valence-corrected chi connectivity index (χ1v) is 5.28. The van der Waals surface area contributed by atoms with Crippen molar-refractivity contribution in [2.24, 2.45) is 0 Å². The highest BCUT2D eigenvalue weighted by Gasteiger charge is 2.11. The summed E-state index contributed by atoms with van der Waals surface area (Å²) in [5, 5.41) is 17.5. The molecule has 0 aromatic heterocycles. The molecular formula is C13H12N2O4. The monoisotopic (exact) mass is 260 g/mol. The van der Waals surface area contributed by atoms with E-state index in [4.69, 9.17) is 10.5 Å². The average molecular weight is 260 g/mol. The van der Waals surface area contributed by atoms with Crippen LogP contribution in [-0.4, -0.2) is 25.2 Å². The topological polar surface area (TPSA) is 100 Å². The summed E-state index contributed by atoms with van der Waals surface area (Å²) in [4.78, 5) is 22.6. The molecule has 0 fully saturated rings. The van der Waals surface area contributed by atoms with E-state index >= 15 is 0 Å². The van der Waals surface area contributed by atoms with Crippen LogP contribution in [0.1, 0.15) is 6.92 Å². The quantitative estimate of drug-likeness (QED) is 0.234. The lowest BCUT2D eigenvalue weighted by Gasteiger charge is -1.99. The van der Waals surface area contributed by atoms with Crippen molar-refractivity contribution in [2.75, 3.05) is 13.2 Å². The number of hydrogen-bond donors (Lipinski definition) is 0. The Bertz CT molecular complexity index is 504. The number of carbonyl (C=O) groups is 2. The number of rotatable bonds is 6. The third-order valence-corrected chi connectivity index (χ3v) is 1.71. The van der Waals surface area contributed by atoms with Gasteiger partial charge in [0, 0.05) is 0 Å². The van der Waals surface area contributed by atoms with Crippen molar-refractivity contribution in [2.45, 2.75) is 6.92 Å². The first-order chi connectivity index (χ1) is 9.10. The maximum absolute atomic E-state index is 11.3. The smallest absolute Gasteiger partial charge is 0.349 e. The molecule has 0 atom stereocenters. The molecule has 98 valence electrons. The second-order valence-corrected chi connectivity index (χ2v) is 2.99. The Hall–Kier alpha value is -2.86. The minimum Gasteiger partial charge on any atom is -0.462 e. The van der Waals surface area contributed by atoms with Gasteiger partial charge in [-0.1, -0.05) is 12.7 Å². The summed E-state index contributed by atoms with van der Waals surface area (Å²) in [5.74, 6) is -1.68. The zero-order valence-corrected chi connectivity index (χ0v) is 10.4. The summed E-state index contributed by atoms with van der Waals surface area (Å²) < 4.78 is 9.26. The minimum atomic E-state index is -0.861. The normalized spacial score (nSPS) is 10.9. The number of carbonyl (C=O) groups excluding carboxylic acids is 2. The van der Waals surface area contributed by atoms with Gasteiger partial charge in [0.05, 0.1) is 6.61 Å². The molecule has 0 rings (SSSR count). The molecule has 0 N–H and O–H groups in total. The van der Waals surface area contributed by atoms with E-state index in [0.717, 1.165) is 12.2 Å². The summed E-state index contributed by atoms with van der Waals surface area (Å²) in [5.41, 5.74) is -0.648. The van der Waals surface area contributed by atoms with E-state index in [1.807, 2.05) is 0 Å². The predicted octanol–water partition coefficient (Wildman–Crippen LogP) is 1.18. The van der Waals surface area contributed by atoms with Gasteiger partial charge in [0.1, 0.15) is 29.9 Å². The molecule has 0 aliphatic heterocycles. The van der Waals surface area contributed by atoms with Crippen LogP contribution in [0.2, 0.25) is 0 Å². The van der Waals surface area contributed by atoms with Crippen LogP contribution in [0, 0.1) is 22.7 Å². The zero-order chi connectivity index (χ0) is 14.7. The fourth-order valence-corrected chi connectivity index (χ4v) is 0.890. The summed E-state index contributed by atoms with van der Waals surface area (Å²) >= 11 is 0. The van der Waals surface area contributed by atoms with E-state index in [1.54, 1.807) is 19.1 Å². The number of ether oxygens (including phenoxy) is 2. The SMILES string of the molecule is C=CCOC(=O)/C(C#N)=C/C=C(\C#N)C(=O)OCC. The summed E-state index contributed by atoms with van der Waals surface area (Å²) in [6.07, 6.45) is 3.41. The molecule has 0 aromatic carbocycles. The van der Waals surface area contributed by atoms with Crippen molar-refractivity contribution >= 4 is 11.9 Å². The van der Waals surface area contributed by atoms with Gasteiger partial charge >= 0.3 is 11.9 Å². The fraction of sp³-hybridized carbons (Fsp3) is 0.231.